The van der Waals surface area contributed by atoms with Crippen LogP contribution in [-0.4, -0.2) is 36.7 Å². The van der Waals surface area contributed by atoms with Gasteiger partial charge in [-0.2, -0.15) is 0 Å². The van der Waals surface area contributed by atoms with Gasteiger partial charge in [-0.25, -0.2) is 4.99 Å². The monoisotopic (exact) mass is 614 g/mol. The van der Waals surface area contributed by atoms with Crippen molar-refractivity contribution in [2.24, 2.45) is 4.99 Å². The van der Waals surface area contributed by atoms with E-state index in [2.05, 4.69) is 53.8 Å². The van der Waals surface area contributed by atoms with Crippen molar-refractivity contribution in [3.05, 3.63) is 85.8 Å². The van der Waals surface area contributed by atoms with Crippen molar-refractivity contribution in [1.29, 1.82) is 0 Å². The van der Waals surface area contributed by atoms with Crippen LogP contribution in [0, 0.1) is 10.5 Å². The van der Waals surface area contributed by atoms with Gasteiger partial charge in [0.15, 0.2) is 16.7 Å². The molecule has 1 fully saturated rings. The molecule has 3 aromatic carbocycles. The minimum Gasteiger partial charge on any atom is -0.497 e. The molecule has 186 valence electrons. The molecule has 4 rings (SSSR count). The molecule has 6 nitrogen and oxygen atoms in total. The van der Waals surface area contributed by atoms with E-state index >= 15 is 0 Å². The van der Waals surface area contributed by atoms with Crippen LogP contribution in [0.4, 0.5) is 5.69 Å². The Morgan fingerprint density at radius 2 is 1.75 bits per heavy atom. The minimum atomic E-state index is -0.0663. The van der Waals surface area contributed by atoms with Crippen LogP contribution < -0.4 is 14.2 Å². The zero-order valence-electron chi connectivity index (χ0n) is 20.6. The number of carbonyl (C=O) groups excluding carboxylic acids is 1. The molecule has 8 heteroatoms. The summed E-state index contributed by atoms with van der Waals surface area (Å²) in [5, 5.41) is 0.652. The van der Waals surface area contributed by atoms with Gasteiger partial charge in [-0.3, -0.25) is 9.69 Å². The summed E-state index contributed by atoms with van der Waals surface area (Å²) in [5.41, 5.74) is 3.91. The second-order valence-electron chi connectivity index (χ2n) is 8.06. The van der Waals surface area contributed by atoms with Crippen LogP contribution in [0.3, 0.4) is 0 Å². The average molecular weight is 615 g/mol. The van der Waals surface area contributed by atoms with E-state index in [4.69, 9.17) is 19.2 Å². The largest absolute Gasteiger partial charge is 0.497 e. The van der Waals surface area contributed by atoms with Crippen molar-refractivity contribution >= 4 is 57.2 Å². The number of aliphatic imine (C=N–C) groups is 1. The second kappa shape index (κ2) is 11.8. The zero-order chi connectivity index (χ0) is 25.7. The van der Waals surface area contributed by atoms with Crippen LogP contribution >= 0.6 is 34.4 Å². The highest BCUT2D eigenvalue weighted by molar-refractivity contribution is 14.1. The number of nitrogens with zero attached hydrogens (tertiary/aromatic N) is 2. The molecule has 0 bridgehead atoms. The molecule has 3 aromatic rings. The van der Waals surface area contributed by atoms with Gasteiger partial charge < -0.3 is 14.2 Å². The number of methoxy groups -OCH3 is 2. The van der Waals surface area contributed by atoms with Gasteiger partial charge in [0.25, 0.3) is 5.91 Å². The Balaban J connectivity index is 1.57. The van der Waals surface area contributed by atoms with Crippen molar-refractivity contribution in [3.63, 3.8) is 0 Å². The number of halogens is 1. The zero-order valence-corrected chi connectivity index (χ0v) is 23.6. The lowest BCUT2D eigenvalue weighted by molar-refractivity contribution is -0.122. The molecule has 0 radical (unpaired) electrons. The fourth-order valence-corrected chi connectivity index (χ4v) is 5.44. The summed E-state index contributed by atoms with van der Waals surface area (Å²) < 4.78 is 17.9. The predicted octanol–water partition coefficient (Wildman–Crippen LogP) is 6.82. The van der Waals surface area contributed by atoms with Gasteiger partial charge in [-0.05, 0) is 102 Å². The summed E-state index contributed by atoms with van der Waals surface area (Å²) in [4.78, 5) is 20.1. The van der Waals surface area contributed by atoms with E-state index in [0.717, 1.165) is 26.1 Å². The Morgan fingerprint density at radius 1 is 1.03 bits per heavy atom. The molecular weight excluding hydrogens is 587 g/mol. The van der Waals surface area contributed by atoms with E-state index in [0.29, 0.717) is 34.7 Å². The van der Waals surface area contributed by atoms with Gasteiger partial charge in [0.1, 0.15) is 12.4 Å². The van der Waals surface area contributed by atoms with E-state index in [1.807, 2.05) is 49.4 Å². The van der Waals surface area contributed by atoms with E-state index < -0.39 is 0 Å². The van der Waals surface area contributed by atoms with Crippen molar-refractivity contribution < 1.29 is 19.0 Å². The Kier molecular flexibility index (Phi) is 8.58. The summed E-state index contributed by atoms with van der Waals surface area (Å²) in [7, 11) is 3.25. The van der Waals surface area contributed by atoms with Crippen LogP contribution in [0.1, 0.15) is 23.6 Å². The number of benzene rings is 3. The Labute approximate surface area is 229 Å². The molecule has 0 unspecified atom stereocenters. The van der Waals surface area contributed by atoms with Gasteiger partial charge in [0.05, 0.1) is 28.4 Å². The van der Waals surface area contributed by atoms with Crippen LogP contribution in [-0.2, 0) is 11.4 Å². The normalized spacial score (nSPS) is 15.6. The third-order valence-corrected chi connectivity index (χ3v) is 7.36. The first-order valence-corrected chi connectivity index (χ1v) is 13.3. The number of aryl methyl sites for hydroxylation is 1. The highest BCUT2D eigenvalue weighted by Crippen LogP contribution is 2.38. The highest BCUT2D eigenvalue weighted by Gasteiger charge is 2.32. The molecule has 0 atom stereocenters. The number of hydrogen-bond acceptors (Lipinski definition) is 6. The highest BCUT2D eigenvalue weighted by atomic mass is 127. The first kappa shape index (κ1) is 26.1. The lowest BCUT2D eigenvalue weighted by Gasteiger charge is -2.14. The summed E-state index contributed by atoms with van der Waals surface area (Å²) >= 11 is 3.61. The Morgan fingerprint density at radius 3 is 2.39 bits per heavy atom. The first-order valence-electron chi connectivity index (χ1n) is 11.4. The summed E-state index contributed by atoms with van der Waals surface area (Å²) in [5.74, 6) is 2.00. The van der Waals surface area contributed by atoms with Gasteiger partial charge in [0.2, 0.25) is 0 Å². The summed E-state index contributed by atoms with van der Waals surface area (Å²) in [6, 6.07) is 19.6. The number of likely N-dealkylation sites (N-methyl/N-ethyl adjacent to an activating group) is 1. The standard InChI is InChI=1S/C28H27IN2O4S/c1-5-31-27(32)25(36-28(31)30-21-10-12-22(33-3)13-11-21)16-20-14-23(29)26(24(15-20)34-4)35-17-19-8-6-18(2)7-9-19/h6-16H,5,17H2,1-4H3/b25-16+,30-28?. The summed E-state index contributed by atoms with van der Waals surface area (Å²) in [6.45, 7) is 4.98. The molecule has 0 spiro atoms. The van der Waals surface area contributed by atoms with Gasteiger partial charge in [-0.15, -0.1) is 0 Å². The van der Waals surface area contributed by atoms with E-state index in [1.165, 1.54) is 17.3 Å². The molecule has 1 amide bonds. The molecule has 36 heavy (non-hydrogen) atoms. The fraction of sp³-hybridized carbons (Fsp3) is 0.214. The SMILES string of the molecule is CCN1C(=O)/C(=C\c2cc(I)c(OCc3ccc(C)cc3)c(OC)c2)SC1=Nc1ccc(OC)cc1. The van der Waals surface area contributed by atoms with Gasteiger partial charge in [0, 0.05) is 6.54 Å². The molecule has 0 N–H and O–H groups in total. The number of amidine groups is 1. The Bertz CT molecular complexity index is 1300. The van der Waals surface area contributed by atoms with E-state index in [-0.39, 0.29) is 5.91 Å². The van der Waals surface area contributed by atoms with Crippen molar-refractivity contribution in [2.45, 2.75) is 20.5 Å². The third-order valence-electron chi connectivity index (χ3n) is 5.55. The number of hydrogen-bond donors (Lipinski definition) is 0. The Hall–Kier alpha value is -2.98. The second-order valence-corrected chi connectivity index (χ2v) is 10.2. The number of amides is 1. The minimum absolute atomic E-state index is 0.0663. The van der Waals surface area contributed by atoms with Crippen molar-refractivity contribution in [3.8, 4) is 17.2 Å². The van der Waals surface area contributed by atoms with Crippen molar-refractivity contribution in [2.75, 3.05) is 20.8 Å². The van der Waals surface area contributed by atoms with Crippen molar-refractivity contribution in [1.82, 2.24) is 4.90 Å². The maximum absolute atomic E-state index is 13.1. The summed E-state index contributed by atoms with van der Waals surface area (Å²) in [6.07, 6.45) is 1.88. The number of thioether (sulfide) groups is 1. The number of carbonyl (C=O) groups is 1. The molecule has 1 aliphatic heterocycles. The first-order chi connectivity index (χ1) is 17.4. The van der Waals surface area contributed by atoms with Crippen LogP contribution in [0.25, 0.3) is 6.08 Å². The molecule has 1 saturated heterocycles. The van der Waals surface area contributed by atoms with E-state index in [1.54, 1.807) is 19.1 Å². The smallest absolute Gasteiger partial charge is 0.266 e. The number of rotatable bonds is 8. The molecule has 1 heterocycles. The third kappa shape index (κ3) is 6.04. The maximum atomic E-state index is 13.1. The maximum Gasteiger partial charge on any atom is 0.266 e. The topological polar surface area (TPSA) is 60.4 Å². The lowest BCUT2D eigenvalue weighted by atomic mass is 10.1. The molecule has 1 aliphatic rings. The fourth-order valence-electron chi connectivity index (χ4n) is 3.59. The van der Waals surface area contributed by atoms with Crippen LogP contribution in [0.2, 0.25) is 0 Å². The van der Waals surface area contributed by atoms with E-state index in [9.17, 15) is 4.79 Å². The average Bonchev–Trinajstić information content (AvgIpc) is 3.17. The van der Waals surface area contributed by atoms with Gasteiger partial charge >= 0.3 is 0 Å². The number of ether oxygens (including phenoxy) is 3. The lowest BCUT2D eigenvalue weighted by Crippen LogP contribution is -2.28. The molecule has 0 aliphatic carbocycles. The molecule has 0 aromatic heterocycles. The molecular formula is C28H27IN2O4S. The predicted molar refractivity (Wildman–Crippen MR) is 154 cm³/mol. The van der Waals surface area contributed by atoms with Gasteiger partial charge in [-0.1, -0.05) is 29.8 Å². The van der Waals surface area contributed by atoms with Crippen LogP contribution in [0.15, 0.2) is 70.6 Å². The van der Waals surface area contributed by atoms with Crippen LogP contribution in [0.5, 0.6) is 17.2 Å². The quantitative estimate of drug-likeness (QED) is 0.206. The molecule has 0 saturated carbocycles.